The molecule has 0 heterocycles. The molecule has 0 spiro atoms. The minimum atomic E-state index is -0.412. The molecule has 0 bridgehead atoms. The first-order valence-electron chi connectivity index (χ1n) is 6.60. The number of Topliss-reactive ketones (excluding diaryl/α,β-unsaturated/α-hetero) is 1. The van der Waals surface area contributed by atoms with E-state index in [9.17, 15) is 9.59 Å². The summed E-state index contributed by atoms with van der Waals surface area (Å²) in [5.74, 6) is 0.223. The van der Waals surface area contributed by atoms with E-state index in [4.69, 9.17) is 5.73 Å². The van der Waals surface area contributed by atoms with Crippen molar-refractivity contribution in [3.63, 3.8) is 0 Å². The summed E-state index contributed by atoms with van der Waals surface area (Å²) >= 11 is 1.43. The maximum Gasteiger partial charge on any atom is 0.230 e. The molecule has 1 unspecified atom stereocenters. The summed E-state index contributed by atoms with van der Waals surface area (Å²) in [4.78, 5) is 24.4. The normalized spacial score (nSPS) is 12.2. The summed E-state index contributed by atoms with van der Waals surface area (Å²) in [7, 11) is 0. The fraction of sp³-hybridized carbons (Fsp3) is 0.467. The van der Waals surface area contributed by atoms with Crippen molar-refractivity contribution in [2.24, 2.45) is 5.92 Å². The van der Waals surface area contributed by atoms with Crippen LogP contribution in [-0.4, -0.2) is 23.5 Å². The van der Waals surface area contributed by atoms with Gasteiger partial charge in [0.05, 0.1) is 11.8 Å². The Morgan fingerprint density at radius 1 is 1.35 bits per heavy atom. The molecule has 20 heavy (non-hydrogen) atoms. The van der Waals surface area contributed by atoms with Crippen molar-refractivity contribution >= 4 is 29.1 Å². The zero-order valence-corrected chi connectivity index (χ0v) is 13.2. The van der Waals surface area contributed by atoms with Gasteiger partial charge in [0.25, 0.3) is 0 Å². The van der Waals surface area contributed by atoms with Crippen molar-refractivity contribution in [2.75, 3.05) is 11.5 Å². The number of carbonyl (C=O) groups excluding carboxylic acids is 2. The molecule has 3 N–H and O–H groups in total. The number of hydrogen-bond acceptors (Lipinski definition) is 4. The van der Waals surface area contributed by atoms with Gasteiger partial charge in [-0.3, -0.25) is 9.59 Å². The van der Waals surface area contributed by atoms with Crippen LogP contribution in [0.2, 0.25) is 0 Å². The number of thioether (sulfide) groups is 1. The molecule has 1 rings (SSSR count). The number of amides is 1. The second-order valence-electron chi connectivity index (χ2n) is 5.16. The van der Waals surface area contributed by atoms with Gasteiger partial charge in [-0.05, 0) is 37.5 Å². The van der Waals surface area contributed by atoms with Gasteiger partial charge in [0.15, 0.2) is 5.78 Å². The monoisotopic (exact) mass is 294 g/mol. The molecule has 0 aliphatic carbocycles. The summed E-state index contributed by atoms with van der Waals surface area (Å²) in [6, 6.07) is 5.23. The first-order valence-corrected chi connectivity index (χ1v) is 7.59. The van der Waals surface area contributed by atoms with Crippen LogP contribution in [0.5, 0.6) is 0 Å². The van der Waals surface area contributed by atoms with Gasteiger partial charge >= 0.3 is 0 Å². The van der Waals surface area contributed by atoms with Crippen LogP contribution >= 0.6 is 11.8 Å². The van der Waals surface area contributed by atoms with Gasteiger partial charge in [-0.25, -0.2) is 0 Å². The van der Waals surface area contributed by atoms with E-state index in [1.807, 2.05) is 39.0 Å². The number of nitrogens with one attached hydrogen (secondary N) is 1. The van der Waals surface area contributed by atoms with E-state index >= 15 is 0 Å². The van der Waals surface area contributed by atoms with Crippen LogP contribution in [0.15, 0.2) is 23.1 Å². The molecular weight excluding hydrogens is 272 g/mol. The fourth-order valence-electron chi connectivity index (χ4n) is 1.88. The molecule has 0 aromatic heterocycles. The van der Waals surface area contributed by atoms with Gasteiger partial charge in [-0.2, -0.15) is 0 Å². The maximum atomic E-state index is 11.9. The molecular formula is C15H22N2O2S. The van der Waals surface area contributed by atoms with Crippen molar-refractivity contribution in [1.29, 1.82) is 0 Å². The van der Waals surface area contributed by atoms with Crippen molar-refractivity contribution in [3.8, 4) is 0 Å². The zero-order chi connectivity index (χ0) is 15.3. The molecule has 5 heteroatoms. The van der Waals surface area contributed by atoms with Gasteiger partial charge in [0, 0.05) is 10.6 Å². The third-order valence-electron chi connectivity index (χ3n) is 3.11. The van der Waals surface area contributed by atoms with Crippen LogP contribution in [0.3, 0.4) is 0 Å². The van der Waals surface area contributed by atoms with Crippen molar-refractivity contribution < 1.29 is 9.59 Å². The standard InChI is InChI=1S/C15H22N2O2S/c1-9(2)15(11(4)18)17-14(19)8-20-13-7-5-6-12(16)10(13)3/h5-7,9,15H,8,16H2,1-4H3,(H,17,19). The van der Waals surface area contributed by atoms with Crippen LogP contribution in [0, 0.1) is 12.8 Å². The molecule has 0 saturated heterocycles. The van der Waals surface area contributed by atoms with Crippen molar-refractivity contribution in [1.82, 2.24) is 5.32 Å². The van der Waals surface area contributed by atoms with E-state index in [0.717, 1.165) is 16.1 Å². The third kappa shape index (κ3) is 4.56. The summed E-state index contributed by atoms with van der Waals surface area (Å²) in [5, 5.41) is 2.78. The topological polar surface area (TPSA) is 72.2 Å². The largest absolute Gasteiger partial charge is 0.398 e. The molecule has 1 aromatic carbocycles. The van der Waals surface area contributed by atoms with Gasteiger partial charge < -0.3 is 11.1 Å². The molecule has 0 fully saturated rings. The van der Waals surface area contributed by atoms with Crippen LogP contribution < -0.4 is 11.1 Å². The first-order chi connectivity index (χ1) is 9.32. The van der Waals surface area contributed by atoms with Crippen LogP contribution in [0.4, 0.5) is 5.69 Å². The van der Waals surface area contributed by atoms with Gasteiger partial charge in [-0.1, -0.05) is 19.9 Å². The lowest BCUT2D eigenvalue weighted by molar-refractivity contribution is -0.126. The molecule has 1 atom stereocenters. The molecule has 1 aromatic rings. The molecule has 1 amide bonds. The van der Waals surface area contributed by atoms with E-state index in [1.54, 1.807) is 0 Å². The Balaban J connectivity index is 2.59. The van der Waals surface area contributed by atoms with E-state index in [1.165, 1.54) is 18.7 Å². The Kier molecular flexibility index (Phi) is 6.07. The van der Waals surface area contributed by atoms with Gasteiger partial charge in [-0.15, -0.1) is 11.8 Å². The summed E-state index contributed by atoms with van der Waals surface area (Å²) in [6.45, 7) is 7.27. The van der Waals surface area contributed by atoms with E-state index < -0.39 is 6.04 Å². The Morgan fingerprint density at radius 2 is 2.00 bits per heavy atom. The third-order valence-corrected chi connectivity index (χ3v) is 4.27. The molecule has 4 nitrogen and oxygen atoms in total. The Labute approximate surface area is 124 Å². The lowest BCUT2D eigenvalue weighted by atomic mass is 10.0. The highest BCUT2D eigenvalue weighted by Gasteiger charge is 2.20. The average molecular weight is 294 g/mol. The van der Waals surface area contributed by atoms with Crippen LogP contribution in [0.1, 0.15) is 26.3 Å². The number of carbonyl (C=O) groups is 2. The number of anilines is 1. The van der Waals surface area contributed by atoms with Crippen molar-refractivity contribution in [3.05, 3.63) is 23.8 Å². The number of nitrogens with two attached hydrogens (primary N) is 1. The lowest BCUT2D eigenvalue weighted by Gasteiger charge is -2.19. The minimum absolute atomic E-state index is 0.0153. The Morgan fingerprint density at radius 3 is 2.55 bits per heavy atom. The minimum Gasteiger partial charge on any atom is -0.398 e. The molecule has 0 aliphatic heterocycles. The van der Waals surface area contributed by atoms with Crippen LogP contribution in [0.25, 0.3) is 0 Å². The van der Waals surface area contributed by atoms with E-state index in [-0.39, 0.29) is 23.4 Å². The highest BCUT2D eigenvalue weighted by molar-refractivity contribution is 8.00. The molecule has 110 valence electrons. The van der Waals surface area contributed by atoms with Crippen molar-refractivity contribution in [2.45, 2.75) is 38.6 Å². The Bertz CT molecular complexity index is 501. The second-order valence-corrected chi connectivity index (χ2v) is 6.18. The highest BCUT2D eigenvalue weighted by Crippen LogP contribution is 2.25. The first kappa shape index (κ1) is 16.6. The van der Waals surface area contributed by atoms with E-state index in [2.05, 4.69) is 5.32 Å². The molecule has 0 saturated carbocycles. The predicted octanol–water partition coefficient (Wildman–Crippen LogP) is 2.40. The van der Waals surface area contributed by atoms with Gasteiger partial charge in [0.1, 0.15) is 0 Å². The number of ketones is 1. The SMILES string of the molecule is CC(=O)C(NC(=O)CSc1cccc(N)c1C)C(C)C. The number of nitrogen functional groups attached to an aromatic ring is 1. The maximum absolute atomic E-state index is 11.9. The smallest absolute Gasteiger partial charge is 0.230 e. The second kappa shape index (κ2) is 7.33. The Hall–Kier alpha value is -1.49. The number of rotatable bonds is 6. The molecule has 0 aliphatic rings. The summed E-state index contributed by atoms with van der Waals surface area (Å²) in [5.41, 5.74) is 7.53. The quantitative estimate of drug-likeness (QED) is 0.624. The van der Waals surface area contributed by atoms with E-state index in [0.29, 0.717) is 0 Å². The summed E-state index contributed by atoms with van der Waals surface area (Å²) in [6.07, 6.45) is 0. The average Bonchev–Trinajstić information content (AvgIpc) is 2.37. The lowest BCUT2D eigenvalue weighted by Crippen LogP contribution is -2.44. The number of benzene rings is 1. The van der Waals surface area contributed by atoms with Crippen LogP contribution in [-0.2, 0) is 9.59 Å². The van der Waals surface area contributed by atoms with Gasteiger partial charge in [0.2, 0.25) is 5.91 Å². The fourth-order valence-corrected chi connectivity index (χ4v) is 2.76. The summed E-state index contributed by atoms with van der Waals surface area (Å²) < 4.78 is 0. The number of hydrogen-bond donors (Lipinski definition) is 2. The highest BCUT2D eigenvalue weighted by atomic mass is 32.2. The zero-order valence-electron chi connectivity index (χ0n) is 12.4. The predicted molar refractivity (Wildman–Crippen MR) is 83.8 cm³/mol. The molecule has 0 radical (unpaired) electrons.